The van der Waals surface area contributed by atoms with Crippen LogP contribution in [0.1, 0.15) is 26.3 Å². The first-order valence-corrected chi connectivity index (χ1v) is 8.40. The van der Waals surface area contributed by atoms with E-state index in [1.807, 2.05) is 20.8 Å². The van der Waals surface area contributed by atoms with E-state index in [0.717, 1.165) is 0 Å². The van der Waals surface area contributed by atoms with Crippen molar-refractivity contribution in [1.82, 2.24) is 4.72 Å². The van der Waals surface area contributed by atoms with Crippen LogP contribution in [0, 0.1) is 0 Å². The van der Waals surface area contributed by atoms with E-state index in [1.54, 1.807) is 11.4 Å². The Kier molecular flexibility index (Phi) is 5.61. The molecule has 1 N–H and O–H groups in total. The summed E-state index contributed by atoms with van der Waals surface area (Å²) in [4.78, 5) is 0. The van der Waals surface area contributed by atoms with Gasteiger partial charge in [-0.25, -0.2) is 13.1 Å². The number of hydrogen-bond acceptors (Lipinski definition) is 4. The number of nitrogens with one attached hydrogen (secondary N) is 1. The predicted octanol–water partition coefficient (Wildman–Crippen LogP) is 2.58. The van der Waals surface area contributed by atoms with E-state index in [-0.39, 0.29) is 6.61 Å². The van der Waals surface area contributed by atoms with Gasteiger partial charge in [0, 0.05) is 17.0 Å². The Morgan fingerprint density at radius 2 is 2.11 bits per heavy atom. The number of sulfonamides is 1. The molecule has 7 heteroatoms. The van der Waals surface area contributed by atoms with E-state index in [0.29, 0.717) is 22.3 Å². The van der Waals surface area contributed by atoms with Gasteiger partial charge in [-0.2, -0.15) is 0 Å². The zero-order valence-corrected chi connectivity index (χ0v) is 13.1. The highest BCUT2D eigenvalue weighted by atomic mass is 35.5. The van der Waals surface area contributed by atoms with Crippen molar-refractivity contribution in [2.45, 2.75) is 37.1 Å². The van der Waals surface area contributed by atoms with E-state index >= 15 is 0 Å². The Bertz CT molecular complexity index is 477. The van der Waals surface area contributed by atoms with Crippen molar-refractivity contribution in [3.05, 3.63) is 17.0 Å². The first kappa shape index (κ1) is 15.9. The second kappa shape index (κ2) is 6.34. The topological polar surface area (TPSA) is 55.4 Å². The Hall–Kier alpha value is -0.140. The predicted molar refractivity (Wildman–Crippen MR) is 74.8 cm³/mol. The van der Waals surface area contributed by atoms with Gasteiger partial charge in [-0.1, -0.05) is 0 Å². The maximum atomic E-state index is 12.2. The lowest BCUT2D eigenvalue weighted by Crippen LogP contribution is -2.40. The summed E-state index contributed by atoms with van der Waals surface area (Å²) in [5.41, 5.74) is 0.166. The summed E-state index contributed by atoms with van der Waals surface area (Å²) < 4.78 is 32.6. The van der Waals surface area contributed by atoms with Crippen LogP contribution < -0.4 is 4.72 Å². The van der Waals surface area contributed by atoms with Crippen LogP contribution in [0.2, 0.25) is 0 Å². The van der Waals surface area contributed by atoms with Crippen LogP contribution in [-0.4, -0.2) is 26.4 Å². The van der Waals surface area contributed by atoms with Gasteiger partial charge in [0.1, 0.15) is 4.21 Å². The second-order valence-electron chi connectivity index (χ2n) is 4.83. The number of hydrogen-bond donors (Lipinski definition) is 1. The first-order valence-electron chi connectivity index (χ1n) is 5.50. The molecule has 0 saturated heterocycles. The summed E-state index contributed by atoms with van der Waals surface area (Å²) in [6, 6.07) is 1.76. The fourth-order valence-electron chi connectivity index (χ4n) is 1.35. The van der Waals surface area contributed by atoms with Gasteiger partial charge in [0.05, 0.1) is 13.2 Å². The van der Waals surface area contributed by atoms with Gasteiger partial charge in [0.2, 0.25) is 0 Å². The van der Waals surface area contributed by atoms with Crippen LogP contribution in [0.5, 0.6) is 0 Å². The molecule has 0 aliphatic carbocycles. The molecule has 0 unspecified atom stereocenters. The third-order valence-electron chi connectivity index (χ3n) is 1.87. The van der Waals surface area contributed by atoms with Crippen molar-refractivity contribution >= 4 is 33.0 Å². The molecule has 1 heterocycles. The van der Waals surface area contributed by atoms with Gasteiger partial charge in [-0.05, 0) is 32.2 Å². The lowest BCUT2D eigenvalue weighted by molar-refractivity contribution is 0.134. The molecule has 0 amide bonds. The molecule has 1 rings (SSSR count). The molecule has 4 nitrogen and oxygen atoms in total. The van der Waals surface area contributed by atoms with Crippen LogP contribution >= 0.6 is 22.9 Å². The minimum atomic E-state index is -3.49. The number of halogens is 1. The lowest BCUT2D eigenvalue weighted by Gasteiger charge is -2.20. The fraction of sp³-hybridized carbons (Fsp3) is 0.636. The average molecular weight is 312 g/mol. The fourth-order valence-corrected chi connectivity index (χ4v) is 4.26. The zero-order chi connectivity index (χ0) is 13.8. The molecule has 0 aliphatic heterocycles. The van der Waals surface area contributed by atoms with Crippen molar-refractivity contribution in [1.29, 1.82) is 0 Å². The molecule has 0 fully saturated rings. The number of thiophene rings is 1. The van der Waals surface area contributed by atoms with E-state index in [9.17, 15) is 8.42 Å². The number of ether oxygens (including phenoxy) is 1. The molecular weight excluding hydrogens is 294 g/mol. The summed E-state index contributed by atoms with van der Waals surface area (Å²) in [7, 11) is -3.49. The Labute approximate surface area is 117 Å². The van der Waals surface area contributed by atoms with Crippen LogP contribution in [0.4, 0.5) is 0 Å². The van der Waals surface area contributed by atoms with Crippen LogP contribution in [0.15, 0.2) is 15.7 Å². The first-order chi connectivity index (χ1) is 8.26. The molecule has 0 atom stereocenters. The van der Waals surface area contributed by atoms with Gasteiger partial charge >= 0.3 is 0 Å². The third kappa shape index (κ3) is 4.85. The molecule has 0 bridgehead atoms. The van der Waals surface area contributed by atoms with Gasteiger partial charge < -0.3 is 4.74 Å². The smallest absolute Gasteiger partial charge is 0.250 e. The molecule has 1 aromatic rings. The van der Waals surface area contributed by atoms with Gasteiger partial charge in [-0.15, -0.1) is 22.9 Å². The SMILES string of the molecule is CC(C)(C)NS(=O)(=O)c1sccc1COCCCl. The molecule has 1 aromatic heterocycles. The van der Waals surface area contributed by atoms with Gasteiger partial charge in [-0.3, -0.25) is 0 Å². The quantitative estimate of drug-likeness (QED) is 0.649. The third-order valence-corrected chi connectivity index (χ3v) is 5.35. The maximum absolute atomic E-state index is 12.2. The molecule has 0 spiro atoms. The molecule has 0 aromatic carbocycles. The van der Waals surface area contributed by atoms with E-state index in [4.69, 9.17) is 16.3 Å². The summed E-state index contributed by atoms with van der Waals surface area (Å²) in [5.74, 6) is 0.395. The zero-order valence-electron chi connectivity index (χ0n) is 10.7. The normalized spacial score (nSPS) is 12.9. The van der Waals surface area contributed by atoms with E-state index in [1.165, 1.54) is 11.3 Å². The van der Waals surface area contributed by atoms with Crippen LogP contribution in [0.3, 0.4) is 0 Å². The summed E-state index contributed by atoms with van der Waals surface area (Å²) >= 11 is 6.70. The number of alkyl halides is 1. The molecular formula is C11H18ClNO3S2. The van der Waals surface area contributed by atoms with Crippen molar-refractivity contribution in [3.8, 4) is 0 Å². The van der Waals surface area contributed by atoms with E-state index < -0.39 is 15.6 Å². The Morgan fingerprint density at radius 3 is 2.67 bits per heavy atom. The monoisotopic (exact) mass is 311 g/mol. The molecule has 0 radical (unpaired) electrons. The highest BCUT2D eigenvalue weighted by Gasteiger charge is 2.25. The van der Waals surface area contributed by atoms with Gasteiger partial charge in [0.15, 0.2) is 0 Å². The van der Waals surface area contributed by atoms with Crippen LogP contribution in [-0.2, 0) is 21.4 Å². The molecule has 0 aliphatic rings. The Morgan fingerprint density at radius 1 is 1.44 bits per heavy atom. The summed E-state index contributed by atoms with van der Waals surface area (Å²) in [6.45, 7) is 6.09. The molecule has 104 valence electrons. The van der Waals surface area contributed by atoms with Crippen molar-refractivity contribution in [2.24, 2.45) is 0 Å². The minimum absolute atomic E-state index is 0.261. The van der Waals surface area contributed by atoms with Crippen molar-refractivity contribution in [3.63, 3.8) is 0 Å². The highest BCUT2D eigenvalue weighted by Crippen LogP contribution is 2.24. The average Bonchev–Trinajstić information content (AvgIpc) is 2.63. The second-order valence-corrected chi connectivity index (χ2v) is 8.00. The standard InChI is InChI=1S/C11H18ClNO3S2/c1-11(2,3)13-18(14,15)10-9(4-7-17-10)8-16-6-5-12/h4,7,13H,5-6,8H2,1-3H3. The highest BCUT2D eigenvalue weighted by molar-refractivity contribution is 7.91. The molecule has 18 heavy (non-hydrogen) atoms. The summed E-state index contributed by atoms with van der Waals surface area (Å²) in [6.07, 6.45) is 0. The Balaban J connectivity index is 2.86. The number of rotatable bonds is 6. The summed E-state index contributed by atoms with van der Waals surface area (Å²) in [5, 5.41) is 1.75. The van der Waals surface area contributed by atoms with Crippen molar-refractivity contribution < 1.29 is 13.2 Å². The lowest BCUT2D eigenvalue weighted by atomic mass is 10.1. The van der Waals surface area contributed by atoms with E-state index in [2.05, 4.69) is 4.72 Å². The van der Waals surface area contributed by atoms with Gasteiger partial charge in [0.25, 0.3) is 10.0 Å². The molecule has 0 saturated carbocycles. The maximum Gasteiger partial charge on any atom is 0.250 e. The minimum Gasteiger partial charge on any atom is -0.375 e. The largest absolute Gasteiger partial charge is 0.375 e. The van der Waals surface area contributed by atoms with Crippen LogP contribution in [0.25, 0.3) is 0 Å². The van der Waals surface area contributed by atoms with Crippen molar-refractivity contribution in [2.75, 3.05) is 12.5 Å².